The van der Waals surface area contributed by atoms with Crippen molar-refractivity contribution in [3.8, 4) is 11.3 Å². The van der Waals surface area contributed by atoms with Gasteiger partial charge in [0.25, 0.3) is 0 Å². The van der Waals surface area contributed by atoms with E-state index in [4.69, 9.17) is 4.74 Å². The molecule has 0 amide bonds. The monoisotopic (exact) mass is 309 g/mol. The summed E-state index contributed by atoms with van der Waals surface area (Å²) >= 11 is 0. The van der Waals surface area contributed by atoms with E-state index in [1.54, 1.807) is 12.1 Å². The summed E-state index contributed by atoms with van der Waals surface area (Å²) in [5.74, 6) is 0. The lowest BCUT2D eigenvalue weighted by molar-refractivity contribution is -0.207. The lowest BCUT2D eigenvalue weighted by Crippen LogP contribution is -2.21. The van der Waals surface area contributed by atoms with Crippen molar-refractivity contribution in [3.63, 3.8) is 0 Å². The maximum Gasteiger partial charge on any atom is 0.420 e. The molecule has 1 aliphatic heterocycles. The molecule has 2 heterocycles. The third-order valence-electron chi connectivity index (χ3n) is 3.64. The second-order valence-electron chi connectivity index (χ2n) is 5.18. The minimum atomic E-state index is -4.72. The minimum Gasteiger partial charge on any atom is -0.378 e. The standard InChI is InChI=1S/C16H14F3NO2/c17-16(18,19)15(21)14-3-1-2-13(20-14)11-4-5-12-9-22-7-6-10(12)8-11/h1-5,8,15,21H,6-7,9H2. The minimum absolute atomic E-state index is 0.397. The predicted octanol–water partition coefficient (Wildman–Crippen LogP) is 3.42. The fraction of sp³-hybridized carbons (Fsp3) is 0.312. The number of alkyl halides is 3. The Morgan fingerprint density at radius 1 is 1.14 bits per heavy atom. The fourth-order valence-corrected chi connectivity index (χ4v) is 2.46. The quantitative estimate of drug-likeness (QED) is 0.924. The summed E-state index contributed by atoms with van der Waals surface area (Å²) in [6, 6.07) is 9.90. The highest BCUT2D eigenvalue weighted by Crippen LogP contribution is 2.32. The smallest absolute Gasteiger partial charge is 0.378 e. The van der Waals surface area contributed by atoms with E-state index in [1.807, 2.05) is 12.1 Å². The zero-order chi connectivity index (χ0) is 15.7. The van der Waals surface area contributed by atoms with Crippen molar-refractivity contribution in [1.29, 1.82) is 0 Å². The van der Waals surface area contributed by atoms with Crippen LogP contribution in [0.15, 0.2) is 36.4 Å². The Kier molecular flexibility index (Phi) is 3.88. The zero-order valence-electron chi connectivity index (χ0n) is 11.6. The topological polar surface area (TPSA) is 42.4 Å². The SMILES string of the molecule is OC(c1cccc(-c2ccc3c(c2)CCOC3)n1)C(F)(F)F. The van der Waals surface area contributed by atoms with E-state index in [0.717, 1.165) is 23.1 Å². The second kappa shape index (κ2) is 5.70. The maximum absolute atomic E-state index is 12.6. The molecule has 1 aromatic heterocycles. The first-order valence-electron chi connectivity index (χ1n) is 6.87. The number of ether oxygens (including phenoxy) is 1. The van der Waals surface area contributed by atoms with Crippen LogP contribution in [0.2, 0.25) is 0 Å². The van der Waals surface area contributed by atoms with Crippen molar-refractivity contribution in [2.45, 2.75) is 25.3 Å². The molecule has 3 rings (SSSR count). The Balaban J connectivity index is 1.95. The van der Waals surface area contributed by atoms with Crippen molar-refractivity contribution >= 4 is 0 Å². The van der Waals surface area contributed by atoms with Crippen LogP contribution in [-0.2, 0) is 17.8 Å². The number of pyridine rings is 1. The lowest BCUT2D eigenvalue weighted by Gasteiger charge is -2.18. The summed E-state index contributed by atoms with van der Waals surface area (Å²) < 4.78 is 43.1. The van der Waals surface area contributed by atoms with E-state index in [-0.39, 0.29) is 0 Å². The van der Waals surface area contributed by atoms with Crippen LogP contribution in [0, 0.1) is 0 Å². The van der Waals surface area contributed by atoms with Gasteiger partial charge in [-0.1, -0.05) is 18.2 Å². The normalized spacial score (nSPS) is 16.2. The molecule has 3 nitrogen and oxygen atoms in total. The third kappa shape index (κ3) is 2.98. The van der Waals surface area contributed by atoms with Crippen LogP contribution >= 0.6 is 0 Å². The molecule has 0 fully saturated rings. The van der Waals surface area contributed by atoms with Crippen molar-refractivity contribution < 1.29 is 23.0 Å². The van der Waals surface area contributed by atoms with Gasteiger partial charge in [0, 0.05) is 5.56 Å². The summed E-state index contributed by atoms with van der Waals surface area (Å²) in [5, 5.41) is 9.32. The first-order valence-corrected chi connectivity index (χ1v) is 6.87. The summed E-state index contributed by atoms with van der Waals surface area (Å²) in [4.78, 5) is 3.96. The van der Waals surface area contributed by atoms with E-state index >= 15 is 0 Å². The lowest BCUT2D eigenvalue weighted by atomic mass is 9.98. The highest BCUT2D eigenvalue weighted by atomic mass is 19.4. The van der Waals surface area contributed by atoms with Crippen molar-refractivity contribution in [3.05, 3.63) is 53.2 Å². The van der Waals surface area contributed by atoms with E-state index in [1.165, 1.54) is 12.1 Å². The summed E-state index contributed by atoms with van der Waals surface area (Å²) in [6.07, 6.45) is -6.52. The highest BCUT2D eigenvalue weighted by Gasteiger charge is 2.40. The number of hydrogen-bond donors (Lipinski definition) is 1. The molecule has 1 atom stereocenters. The van der Waals surface area contributed by atoms with Gasteiger partial charge in [-0.3, -0.25) is 0 Å². The van der Waals surface area contributed by atoms with E-state index < -0.39 is 18.0 Å². The molecular formula is C16H14F3NO2. The van der Waals surface area contributed by atoms with E-state index in [0.29, 0.717) is 18.9 Å². The molecule has 0 aliphatic carbocycles. The molecule has 1 aliphatic rings. The zero-order valence-corrected chi connectivity index (χ0v) is 11.6. The molecule has 0 spiro atoms. The Morgan fingerprint density at radius 2 is 1.95 bits per heavy atom. The van der Waals surface area contributed by atoms with Gasteiger partial charge in [-0.2, -0.15) is 13.2 Å². The number of rotatable bonds is 2. The van der Waals surface area contributed by atoms with Crippen LogP contribution in [0.1, 0.15) is 22.9 Å². The van der Waals surface area contributed by atoms with Crippen molar-refractivity contribution in [2.75, 3.05) is 6.61 Å². The van der Waals surface area contributed by atoms with Crippen molar-refractivity contribution in [2.24, 2.45) is 0 Å². The van der Waals surface area contributed by atoms with Gasteiger partial charge >= 0.3 is 6.18 Å². The van der Waals surface area contributed by atoms with Gasteiger partial charge in [0.2, 0.25) is 0 Å². The van der Waals surface area contributed by atoms with Gasteiger partial charge in [0.05, 0.1) is 24.6 Å². The number of fused-ring (bicyclic) bond motifs is 1. The van der Waals surface area contributed by atoms with E-state index in [2.05, 4.69) is 4.98 Å². The molecule has 2 aromatic rings. The van der Waals surface area contributed by atoms with Crippen LogP contribution in [0.4, 0.5) is 13.2 Å². The average molecular weight is 309 g/mol. The third-order valence-corrected chi connectivity index (χ3v) is 3.64. The molecule has 0 saturated heterocycles. The van der Waals surface area contributed by atoms with Crippen LogP contribution in [0.5, 0.6) is 0 Å². The van der Waals surface area contributed by atoms with Crippen LogP contribution < -0.4 is 0 Å². The van der Waals surface area contributed by atoms with Gasteiger partial charge < -0.3 is 9.84 Å². The molecular weight excluding hydrogens is 295 g/mol. The summed E-state index contributed by atoms with van der Waals surface area (Å²) in [5.41, 5.74) is 2.95. The van der Waals surface area contributed by atoms with Crippen molar-refractivity contribution in [1.82, 2.24) is 4.98 Å². The van der Waals surface area contributed by atoms with Gasteiger partial charge in [-0.15, -0.1) is 0 Å². The first kappa shape index (κ1) is 15.0. The van der Waals surface area contributed by atoms with Crippen LogP contribution in [0.3, 0.4) is 0 Å². The number of aromatic nitrogens is 1. The summed E-state index contributed by atoms with van der Waals surface area (Å²) in [6.45, 7) is 1.19. The molecule has 0 saturated carbocycles. The van der Waals surface area contributed by atoms with Gasteiger partial charge in [0.1, 0.15) is 0 Å². The Morgan fingerprint density at radius 3 is 2.73 bits per heavy atom. The molecule has 116 valence electrons. The number of hydrogen-bond acceptors (Lipinski definition) is 3. The van der Waals surface area contributed by atoms with Crippen LogP contribution in [-0.4, -0.2) is 22.9 Å². The maximum atomic E-state index is 12.6. The Bertz CT molecular complexity index is 685. The molecule has 6 heteroatoms. The highest BCUT2D eigenvalue weighted by molar-refractivity contribution is 5.61. The molecule has 1 aromatic carbocycles. The molecule has 1 unspecified atom stereocenters. The first-order chi connectivity index (χ1) is 10.4. The van der Waals surface area contributed by atoms with Gasteiger partial charge in [-0.05, 0) is 35.7 Å². The number of benzene rings is 1. The van der Waals surface area contributed by atoms with Gasteiger partial charge in [-0.25, -0.2) is 4.98 Å². The van der Waals surface area contributed by atoms with Gasteiger partial charge in [0.15, 0.2) is 6.10 Å². The molecule has 22 heavy (non-hydrogen) atoms. The number of nitrogens with zero attached hydrogens (tertiary/aromatic N) is 1. The van der Waals surface area contributed by atoms with Crippen LogP contribution in [0.25, 0.3) is 11.3 Å². The average Bonchev–Trinajstić information content (AvgIpc) is 2.53. The largest absolute Gasteiger partial charge is 0.420 e. The summed E-state index contributed by atoms with van der Waals surface area (Å²) in [7, 11) is 0. The number of aliphatic hydroxyl groups excluding tert-OH is 1. The predicted molar refractivity (Wildman–Crippen MR) is 74.0 cm³/mol. The number of halogens is 3. The Labute approximate surface area is 125 Å². The van der Waals surface area contributed by atoms with E-state index in [9.17, 15) is 18.3 Å². The molecule has 1 N–H and O–H groups in total. The second-order valence-corrected chi connectivity index (χ2v) is 5.18. The molecule has 0 bridgehead atoms. The number of aliphatic hydroxyl groups is 1. The molecule has 0 radical (unpaired) electrons. The fourth-order valence-electron chi connectivity index (χ4n) is 2.46. The Hall–Kier alpha value is -1.92.